The van der Waals surface area contributed by atoms with E-state index in [-0.39, 0.29) is 5.91 Å². The fourth-order valence-corrected chi connectivity index (χ4v) is 4.25. The first kappa shape index (κ1) is 19.3. The molecule has 1 saturated carbocycles. The van der Waals surface area contributed by atoms with Crippen LogP contribution in [0.1, 0.15) is 68.0 Å². The van der Waals surface area contributed by atoms with Crippen LogP contribution in [0, 0.1) is 0 Å². The molecule has 0 bridgehead atoms. The van der Waals surface area contributed by atoms with Crippen molar-refractivity contribution in [2.75, 3.05) is 11.4 Å². The van der Waals surface area contributed by atoms with E-state index >= 15 is 0 Å². The smallest absolute Gasteiger partial charge is 0.287 e. The minimum Gasteiger partial charge on any atom is -0.455 e. The number of piperidine rings is 1. The van der Waals surface area contributed by atoms with Crippen molar-refractivity contribution in [1.29, 1.82) is 0 Å². The molecule has 1 saturated heterocycles. The van der Waals surface area contributed by atoms with Crippen LogP contribution in [0.2, 0.25) is 0 Å². The molecule has 0 aromatic carbocycles. The molecule has 4 rings (SSSR count). The Hall–Kier alpha value is -2.02. The summed E-state index contributed by atoms with van der Waals surface area (Å²) < 4.78 is 5.72. The summed E-state index contributed by atoms with van der Waals surface area (Å²) >= 11 is 1.56. The third-order valence-electron chi connectivity index (χ3n) is 5.35. The SMILES string of the molecule is CCc1cc(N2CCCC[C@H]2C)nc(SCc2ccc(C(=O)NC3CC3)o2)n1. The molecule has 1 N–H and O–H groups in total. The number of carbonyl (C=O) groups is 1. The summed E-state index contributed by atoms with van der Waals surface area (Å²) in [5, 5.41) is 3.72. The van der Waals surface area contributed by atoms with Crippen molar-refractivity contribution < 1.29 is 9.21 Å². The van der Waals surface area contributed by atoms with E-state index in [2.05, 4.69) is 35.1 Å². The highest BCUT2D eigenvalue weighted by Gasteiger charge is 2.25. The van der Waals surface area contributed by atoms with Crippen LogP contribution >= 0.6 is 11.8 Å². The molecule has 2 fully saturated rings. The van der Waals surface area contributed by atoms with Gasteiger partial charge in [-0.05, 0) is 57.6 Å². The molecule has 0 radical (unpaired) electrons. The summed E-state index contributed by atoms with van der Waals surface area (Å²) in [6, 6.07) is 6.59. The molecule has 0 unspecified atom stereocenters. The van der Waals surface area contributed by atoms with Gasteiger partial charge in [-0.15, -0.1) is 0 Å². The minimum atomic E-state index is -0.121. The van der Waals surface area contributed by atoms with Crippen molar-refractivity contribution in [2.45, 2.75) is 75.4 Å². The summed E-state index contributed by atoms with van der Waals surface area (Å²) in [5.41, 5.74) is 1.06. The Kier molecular flexibility index (Phi) is 5.90. The molecule has 2 aliphatic rings. The topological polar surface area (TPSA) is 71.3 Å². The summed E-state index contributed by atoms with van der Waals surface area (Å²) in [6.07, 6.45) is 6.75. The third kappa shape index (κ3) is 4.69. The second-order valence-corrected chi connectivity index (χ2v) is 8.64. The van der Waals surface area contributed by atoms with Crippen molar-refractivity contribution in [2.24, 2.45) is 0 Å². The van der Waals surface area contributed by atoms with Crippen LogP contribution in [0.15, 0.2) is 27.8 Å². The van der Waals surface area contributed by atoms with Crippen LogP contribution in [0.25, 0.3) is 0 Å². The van der Waals surface area contributed by atoms with E-state index in [0.29, 0.717) is 23.6 Å². The standard InChI is InChI=1S/C21H28N4O2S/c1-3-15-12-19(25-11-5-4-6-14(25)2)24-21(23-15)28-13-17-9-10-18(27-17)20(26)22-16-7-8-16/h9-10,12,14,16H,3-8,11,13H2,1-2H3,(H,22,26)/t14-/m1/s1. The maximum absolute atomic E-state index is 12.1. The number of hydrogen-bond donors (Lipinski definition) is 1. The van der Waals surface area contributed by atoms with Crippen LogP contribution in [0.3, 0.4) is 0 Å². The molecule has 1 aliphatic heterocycles. The van der Waals surface area contributed by atoms with Gasteiger partial charge in [0.25, 0.3) is 5.91 Å². The van der Waals surface area contributed by atoms with Crippen LogP contribution in [0.5, 0.6) is 0 Å². The summed E-state index contributed by atoms with van der Waals surface area (Å²) in [5.74, 6) is 2.67. The second-order valence-electron chi connectivity index (χ2n) is 7.69. The second kappa shape index (κ2) is 8.55. The lowest BCUT2D eigenvalue weighted by Gasteiger charge is -2.34. The molecule has 1 amide bonds. The highest BCUT2D eigenvalue weighted by Crippen LogP contribution is 2.28. The summed E-state index contributed by atoms with van der Waals surface area (Å²) in [4.78, 5) is 24.0. The van der Waals surface area contributed by atoms with Gasteiger partial charge in [-0.1, -0.05) is 18.7 Å². The van der Waals surface area contributed by atoms with Crippen LogP contribution in [-0.2, 0) is 12.2 Å². The van der Waals surface area contributed by atoms with Gasteiger partial charge in [0.2, 0.25) is 0 Å². The number of anilines is 1. The average Bonchev–Trinajstić information content (AvgIpc) is 3.39. The lowest BCUT2D eigenvalue weighted by Crippen LogP contribution is -2.38. The molecular formula is C21H28N4O2S. The molecule has 0 spiro atoms. The molecule has 28 heavy (non-hydrogen) atoms. The third-order valence-corrected chi connectivity index (χ3v) is 6.22. The first-order valence-corrected chi connectivity index (χ1v) is 11.3. The number of aromatic nitrogens is 2. The molecule has 150 valence electrons. The monoisotopic (exact) mass is 400 g/mol. The highest BCUT2D eigenvalue weighted by atomic mass is 32.2. The molecule has 2 aromatic heterocycles. The Bertz CT molecular complexity index is 834. The van der Waals surface area contributed by atoms with E-state index in [1.165, 1.54) is 19.3 Å². The maximum Gasteiger partial charge on any atom is 0.287 e. The van der Waals surface area contributed by atoms with E-state index in [0.717, 1.165) is 48.2 Å². The summed E-state index contributed by atoms with van der Waals surface area (Å²) in [7, 11) is 0. The number of aryl methyl sites for hydroxylation is 1. The van der Waals surface area contributed by atoms with E-state index < -0.39 is 0 Å². The van der Waals surface area contributed by atoms with Gasteiger partial charge in [-0.25, -0.2) is 9.97 Å². The Morgan fingerprint density at radius 1 is 1.29 bits per heavy atom. The lowest BCUT2D eigenvalue weighted by atomic mass is 10.0. The molecule has 2 aromatic rings. The number of carbonyl (C=O) groups excluding carboxylic acids is 1. The first-order valence-electron chi connectivity index (χ1n) is 10.3. The molecule has 7 heteroatoms. The predicted octanol–water partition coefficient (Wildman–Crippen LogP) is 4.20. The van der Waals surface area contributed by atoms with Crippen LogP contribution in [-0.4, -0.2) is 34.5 Å². The zero-order valence-corrected chi connectivity index (χ0v) is 17.4. The number of rotatable bonds is 7. The number of nitrogens with one attached hydrogen (secondary N) is 1. The summed E-state index contributed by atoms with van der Waals surface area (Å²) in [6.45, 7) is 5.46. The van der Waals surface area contributed by atoms with Gasteiger partial charge < -0.3 is 14.6 Å². The van der Waals surface area contributed by atoms with Crippen molar-refractivity contribution >= 4 is 23.5 Å². The van der Waals surface area contributed by atoms with Gasteiger partial charge in [0.1, 0.15) is 11.6 Å². The molecule has 6 nitrogen and oxygen atoms in total. The molecule has 1 atom stereocenters. The van der Waals surface area contributed by atoms with E-state index in [4.69, 9.17) is 9.40 Å². The Labute approximate surface area is 170 Å². The van der Waals surface area contributed by atoms with E-state index in [9.17, 15) is 4.79 Å². The van der Waals surface area contributed by atoms with Crippen LogP contribution in [0.4, 0.5) is 5.82 Å². The van der Waals surface area contributed by atoms with Crippen molar-refractivity contribution in [1.82, 2.24) is 15.3 Å². The van der Waals surface area contributed by atoms with Crippen molar-refractivity contribution in [3.63, 3.8) is 0 Å². The van der Waals surface area contributed by atoms with Crippen molar-refractivity contribution in [3.8, 4) is 0 Å². The van der Waals surface area contributed by atoms with Crippen LogP contribution < -0.4 is 10.2 Å². The Balaban J connectivity index is 1.43. The van der Waals surface area contributed by atoms with Gasteiger partial charge in [0.15, 0.2) is 10.9 Å². The fraction of sp³-hybridized carbons (Fsp3) is 0.571. The van der Waals surface area contributed by atoms with Gasteiger partial charge in [-0.2, -0.15) is 0 Å². The predicted molar refractivity (Wildman–Crippen MR) is 111 cm³/mol. The van der Waals surface area contributed by atoms with E-state index in [1.54, 1.807) is 17.8 Å². The van der Waals surface area contributed by atoms with E-state index in [1.807, 2.05) is 6.07 Å². The van der Waals surface area contributed by atoms with Gasteiger partial charge in [-0.3, -0.25) is 4.79 Å². The molecule has 3 heterocycles. The number of nitrogens with zero attached hydrogens (tertiary/aromatic N) is 3. The largest absolute Gasteiger partial charge is 0.455 e. The zero-order valence-electron chi connectivity index (χ0n) is 16.6. The zero-order chi connectivity index (χ0) is 19.5. The average molecular weight is 401 g/mol. The lowest BCUT2D eigenvalue weighted by molar-refractivity contribution is 0.0922. The maximum atomic E-state index is 12.1. The normalized spacial score (nSPS) is 19.6. The quantitative estimate of drug-likeness (QED) is 0.555. The Morgan fingerprint density at radius 2 is 2.14 bits per heavy atom. The minimum absolute atomic E-state index is 0.121. The number of amides is 1. The molecular weight excluding hydrogens is 372 g/mol. The highest BCUT2D eigenvalue weighted by molar-refractivity contribution is 7.98. The number of hydrogen-bond acceptors (Lipinski definition) is 6. The first-order chi connectivity index (χ1) is 13.6. The number of furan rings is 1. The van der Waals surface area contributed by atoms with Gasteiger partial charge >= 0.3 is 0 Å². The number of thioether (sulfide) groups is 1. The Morgan fingerprint density at radius 3 is 2.89 bits per heavy atom. The van der Waals surface area contributed by atoms with Gasteiger partial charge in [0, 0.05) is 30.4 Å². The van der Waals surface area contributed by atoms with Crippen molar-refractivity contribution in [3.05, 3.63) is 35.4 Å². The fourth-order valence-electron chi connectivity index (χ4n) is 3.49. The molecule has 1 aliphatic carbocycles. The van der Waals surface area contributed by atoms with Gasteiger partial charge in [0.05, 0.1) is 5.75 Å².